The van der Waals surface area contributed by atoms with E-state index in [4.69, 9.17) is 37.1 Å². The minimum Gasteiger partial charge on any atom is -0.486 e. The van der Waals surface area contributed by atoms with Gasteiger partial charge in [-0.2, -0.15) is 0 Å². The Bertz CT molecular complexity index is 839. The van der Waals surface area contributed by atoms with E-state index in [-0.39, 0.29) is 19.0 Å². The summed E-state index contributed by atoms with van der Waals surface area (Å²) in [5.41, 5.74) is 0.554. The Hall–Kier alpha value is -2.43. The number of hydrogen-bond donors (Lipinski definition) is 0. The minimum absolute atomic E-state index is 0.0338. The van der Waals surface area contributed by atoms with Gasteiger partial charge in [0.15, 0.2) is 0 Å². The van der Waals surface area contributed by atoms with Crippen molar-refractivity contribution in [3.05, 3.63) is 87.8 Å². The van der Waals surface area contributed by atoms with E-state index in [1.807, 2.05) is 30.3 Å². The summed E-state index contributed by atoms with van der Waals surface area (Å²) in [6.45, 7) is 0.182. The van der Waals surface area contributed by atoms with Crippen molar-refractivity contribution in [2.24, 2.45) is 0 Å². The lowest BCUT2D eigenvalue weighted by Gasteiger charge is -2.07. The fourth-order valence-electron chi connectivity index (χ4n) is 2.12. The Kier molecular flexibility index (Phi) is 5.64. The average molecular weight is 377 g/mol. The molecule has 0 aliphatic rings. The van der Waals surface area contributed by atoms with Crippen molar-refractivity contribution in [3.8, 4) is 5.75 Å². The number of hydrogen-bond acceptors (Lipinski definition) is 4. The third-order valence-corrected chi connectivity index (χ3v) is 4.10. The second kappa shape index (κ2) is 8.10. The number of halogens is 2. The first-order chi connectivity index (χ1) is 12.1. The highest BCUT2D eigenvalue weighted by molar-refractivity contribution is 6.35. The van der Waals surface area contributed by atoms with Crippen molar-refractivity contribution in [3.63, 3.8) is 0 Å². The Morgan fingerprint density at radius 1 is 0.880 bits per heavy atom. The highest BCUT2D eigenvalue weighted by Gasteiger charge is 2.15. The minimum atomic E-state index is -0.595. The van der Waals surface area contributed by atoms with E-state index in [0.29, 0.717) is 21.4 Å². The van der Waals surface area contributed by atoms with Crippen molar-refractivity contribution < 1.29 is 18.7 Å². The molecule has 6 heteroatoms. The number of benzene rings is 2. The molecule has 0 aliphatic heterocycles. The first-order valence-electron chi connectivity index (χ1n) is 7.50. The van der Waals surface area contributed by atoms with Crippen LogP contribution in [0.4, 0.5) is 0 Å². The van der Waals surface area contributed by atoms with Crippen LogP contribution in [0.25, 0.3) is 0 Å². The van der Waals surface area contributed by atoms with E-state index in [2.05, 4.69) is 0 Å². The molecule has 2 aromatic carbocycles. The lowest BCUT2D eigenvalue weighted by atomic mass is 10.2. The Morgan fingerprint density at radius 2 is 1.60 bits per heavy atom. The summed E-state index contributed by atoms with van der Waals surface area (Å²) in [6.07, 6.45) is 0. The number of carbonyl (C=O) groups is 1. The number of furan rings is 1. The molecule has 0 saturated heterocycles. The van der Waals surface area contributed by atoms with Gasteiger partial charge in [0, 0.05) is 15.6 Å². The van der Waals surface area contributed by atoms with Crippen LogP contribution in [0.1, 0.15) is 21.9 Å². The summed E-state index contributed by atoms with van der Waals surface area (Å²) < 4.78 is 16.2. The highest BCUT2D eigenvalue weighted by atomic mass is 35.5. The Labute approximate surface area is 154 Å². The second-order valence-corrected chi connectivity index (χ2v) is 5.96. The van der Waals surface area contributed by atoms with Gasteiger partial charge in [0.05, 0.1) is 0 Å². The predicted octanol–water partition coefficient (Wildman–Crippen LogP) is 5.52. The summed E-state index contributed by atoms with van der Waals surface area (Å²) in [5.74, 6) is 0.736. The molecule has 3 rings (SSSR count). The third-order valence-electron chi connectivity index (χ3n) is 3.40. The molecule has 0 fully saturated rings. The molecular formula is C19H14Cl2O4. The number of carbonyl (C=O) groups excluding carboxylic acids is 1. The molecule has 0 bridgehead atoms. The van der Waals surface area contributed by atoms with Gasteiger partial charge < -0.3 is 13.9 Å². The molecule has 0 aliphatic carbocycles. The van der Waals surface area contributed by atoms with Gasteiger partial charge in [-0.05, 0) is 36.4 Å². The lowest BCUT2D eigenvalue weighted by Crippen LogP contribution is -2.05. The maximum absolute atomic E-state index is 12.1. The molecule has 1 heterocycles. The molecular weight excluding hydrogens is 363 g/mol. The van der Waals surface area contributed by atoms with Crippen LogP contribution in [0.2, 0.25) is 10.0 Å². The van der Waals surface area contributed by atoms with E-state index in [1.54, 1.807) is 30.3 Å². The monoisotopic (exact) mass is 376 g/mol. The Morgan fingerprint density at radius 3 is 2.32 bits per heavy atom. The number of rotatable bonds is 6. The summed E-state index contributed by atoms with van der Waals surface area (Å²) in [5, 5.41) is 0.883. The van der Waals surface area contributed by atoms with Crippen LogP contribution in [0, 0.1) is 0 Å². The number of para-hydroxylation sites is 1. The van der Waals surface area contributed by atoms with Crippen LogP contribution in [0.5, 0.6) is 5.75 Å². The average Bonchev–Trinajstić information content (AvgIpc) is 3.09. The van der Waals surface area contributed by atoms with Gasteiger partial charge in [-0.3, -0.25) is 0 Å². The number of esters is 1. The van der Waals surface area contributed by atoms with Gasteiger partial charge in [0.2, 0.25) is 5.76 Å². The van der Waals surface area contributed by atoms with E-state index < -0.39 is 5.97 Å². The largest absolute Gasteiger partial charge is 0.486 e. The van der Waals surface area contributed by atoms with E-state index in [9.17, 15) is 4.79 Å². The quantitative estimate of drug-likeness (QED) is 0.531. The topological polar surface area (TPSA) is 48.7 Å². The van der Waals surface area contributed by atoms with Gasteiger partial charge in [-0.25, -0.2) is 4.79 Å². The van der Waals surface area contributed by atoms with E-state index in [1.165, 1.54) is 0 Å². The van der Waals surface area contributed by atoms with Gasteiger partial charge in [0.25, 0.3) is 0 Å². The predicted molar refractivity (Wildman–Crippen MR) is 95.1 cm³/mol. The molecule has 0 spiro atoms. The summed E-state index contributed by atoms with van der Waals surface area (Å²) in [6, 6.07) is 17.6. The van der Waals surface area contributed by atoms with Crippen molar-refractivity contribution in [1.82, 2.24) is 0 Å². The molecule has 0 unspecified atom stereocenters. The standard InChI is InChI=1S/C19H14Cl2O4/c20-16-7-4-8-17(21)15(16)12-24-19(22)18-10-9-14(25-18)11-23-13-5-2-1-3-6-13/h1-10H,11-12H2. The zero-order chi connectivity index (χ0) is 17.6. The summed E-state index contributed by atoms with van der Waals surface area (Å²) in [4.78, 5) is 12.1. The molecule has 128 valence electrons. The molecule has 4 nitrogen and oxygen atoms in total. The highest BCUT2D eigenvalue weighted by Crippen LogP contribution is 2.25. The van der Waals surface area contributed by atoms with Crippen LogP contribution in [0.3, 0.4) is 0 Å². The van der Waals surface area contributed by atoms with Crippen molar-refractivity contribution in [1.29, 1.82) is 0 Å². The van der Waals surface area contributed by atoms with Gasteiger partial charge >= 0.3 is 5.97 Å². The molecule has 3 aromatic rings. The molecule has 0 amide bonds. The fourth-order valence-corrected chi connectivity index (χ4v) is 2.62. The Balaban J connectivity index is 1.57. The van der Waals surface area contributed by atoms with Gasteiger partial charge in [-0.15, -0.1) is 0 Å². The van der Waals surface area contributed by atoms with Gasteiger partial charge in [0.1, 0.15) is 24.7 Å². The van der Waals surface area contributed by atoms with Crippen LogP contribution in [-0.4, -0.2) is 5.97 Å². The summed E-state index contributed by atoms with van der Waals surface area (Å²) >= 11 is 12.1. The molecule has 0 N–H and O–H groups in total. The second-order valence-electron chi connectivity index (χ2n) is 5.14. The summed E-state index contributed by atoms with van der Waals surface area (Å²) in [7, 11) is 0. The molecule has 1 aromatic heterocycles. The van der Waals surface area contributed by atoms with E-state index >= 15 is 0 Å². The fraction of sp³-hybridized carbons (Fsp3) is 0.105. The third kappa shape index (κ3) is 4.56. The van der Waals surface area contributed by atoms with Crippen LogP contribution >= 0.6 is 23.2 Å². The maximum atomic E-state index is 12.1. The van der Waals surface area contributed by atoms with Crippen LogP contribution in [0.15, 0.2) is 65.1 Å². The molecule has 0 atom stereocenters. The first kappa shape index (κ1) is 17.4. The maximum Gasteiger partial charge on any atom is 0.374 e. The van der Waals surface area contributed by atoms with Crippen LogP contribution < -0.4 is 4.74 Å². The first-order valence-corrected chi connectivity index (χ1v) is 8.25. The number of ether oxygens (including phenoxy) is 2. The van der Waals surface area contributed by atoms with E-state index in [0.717, 1.165) is 5.75 Å². The molecule has 25 heavy (non-hydrogen) atoms. The SMILES string of the molecule is O=C(OCc1c(Cl)cccc1Cl)c1ccc(COc2ccccc2)o1. The van der Waals surface area contributed by atoms with Crippen molar-refractivity contribution in [2.45, 2.75) is 13.2 Å². The van der Waals surface area contributed by atoms with Crippen LogP contribution in [-0.2, 0) is 18.0 Å². The molecule has 0 radical (unpaired) electrons. The normalized spacial score (nSPS) is 10.5. The van der Waals surface area contributed by atoms with Gasteiger partial charge in [-0.1, -0.05) is 47.5 Å². The zero-order valence-electron chi connectivity index (χ0n) is 13.1. The van der Waals surface area contributed by atoms with Crippen molar-refractivity contribution >= 4 is 29.2 Å². The zero-order valence-corrected chi connectivity index (χ0v) is 14.6. The smallest absolute Gasteiger partial charge is 0.374 e. The molecule has 0 saturated carbocycles. The lowest BCUT2D eigenvalue weighted by molar-refractivity contribution is 0.0432. The van der Waals surface area contributed by atoms with Crippen molar-refractivity contribution in [2.75, 3.05) is 0 Å².